The van der Waals surface area contributed by atoms with Crippen molar-refractivity contribution in [2.24, 2.45) is 0 Å². The quantitative estimate of drug-likeness (QED) is 0.877. The Morgan fingerprint density at radius 2 is 2.00 bits per heavy atom. The first-order chi connectivity index (χ1) is 8.16. The maximum Gasteiger partial charge on any atom is 0.240 e. The first-order valence-electron chi connectivity index (χ1n) is 5.72. The van der Waals surface area contributed by atoms with Gasteiger partial charge in [0.2, 0.25) is 5.89 Å². The summed E-state index contributed by atoms with van der Waals surface area (Å²) >= 11 is 0. The maximum absolute atomic E-state index is 5.03. The summed E-state index contributed by atoms with van der Waals surface area (Å²) in [6, 6.07) is 6.34. The van der Waals surface area contributed by atoms with E-state index in [1.807, 2.05) is 6.92 Å². The Kier molecular flexibility index (Phi) is 3.54. The number of aryl methyl sites for hydroxylation is 2. The Hall–Kier alpha value is -1.68. The van der Waals surface area contributed by atoms with E-state index in [0.29, 0.717) is 18.3 Å². The maximum atomic E-state index is 5.03. The van der Waals surface area contributed by atoms with Crippen LogP contribution < -0.4 is 5.32 Å². The van der Waals surface area contributed by atoms with Gasteiger partial charge in [-0.3, -0.25) is 0 Å². The molecule has 4 heteroatoms. The molecule has 4 nitrogen and oxygen atoms in total. The van der Waals surface area contributed by atoms with Crippen LogP contribution in [-0.4, -0.2) is 10.1 Å². The first-order valence-corrected chi connectivity index (χ1v) is 5.72. The fraction of sp³-hybridized carbons (Fsp3) is 0.385. The van der Waals surface area contributed by atoms with Crippen LogP contribution in [0.3, 0.4) is 0 Å². The fourth-order valence-electron chi connectivity index (χ4n) is 1.72. The van der Waals surface area contributed by atoms with E-state index in [0.717, 1.165) is 6.54 Å². The van der Waals surface area contributed by atoms with Gasteiger partial charge in [0, 0.05) is 6.54 Å². The summed E-state index contributed by atoms with van der Waals surface area (Å²) in [5, 5.41) is 7.05. The molecule has 2 aromatic rings. The van der Waals surface area contributed by atoms with Crippen LogP contribution in [0.25, 0.3) is 0 Å². The van der Waals surface area contributed by atoms with Crippen LogP contribution in [0.4, 0.5) is 0 Å². The van der Waals surface area contributed by atoms with Gasteiger partial charge >= 0.3 is 0 Å². The number of hydrogen-bond donors (Lipinski definition) is 1. The van der Waals surface area contributed by atoms with E-state index in [4.69, 9.17) is 4.52 Å². The summed E-state index contributed by atoms with van der Waals surface area (Å²) in [6.07, 6.45) is 0. The molecule has 1 heterocycles. The van der Waals surface area contributed by atoms with Crippen molar-refractivity contribution < 1.29 is 4.52 Å². The van der Waals surface area contributed by atoms with Crippen LogP contribution in [0.5, 0.6) is 0 Å². The molecule has 17 heavy (non-hydrogen) atoms. The number of aromatic nitrogens is 2. The highest BCUT2D eigenvalue weighted by Crippen LogP contribution is 2.12. The Balaban J connectivity index is 1.92. The Morgan fingerprint density at radius 3 is 2.71 bits per heavy atom. The van der Waals surface area contributed by atoms with Crippen LogP contribution in [0.2, 0.25) is 0 Å². The SMILES string of the molecule is Cc1noc(CNCc2cccc(C)c2C)n1. The molecule has 0 saturated heterocycles. The van der Waals surface area contributed by atoms with Gasteiger partial charge in [0.25, 0.3) is 0 Å². The molecule has 0 radical (unpaired) electrons. The Bertz CT molecular complexity index is 505. The largest absolute Gasteiger partial charge is 0.338 e. The second-order valence-electron chi connectivity index (χ2n) is 4.20. The van der Waals surface area contributed by atoms with Crippen molar-refractivity contribution in [1.29, 1.82) is 0 Å². The molecule has 0 aliphatic rings. The van der Waals surface area contributed by atoms with E-state index < -0.39 is 0 Å². The summed E-state index contributed by atoms with van der Waals surface area (Å²) in [5.41, 5.74) is 3.96. The molecule has 0 unspecified atom stereocenters. The van der Waals surface area contributed by atoms with Crippen molar-refractivity contribution in [3.63, 3.8) is 0 Å². The Morgan fingerprint density at radius 1 is 1.18 bits per heavy atom. The van der Waals surface area contributed by atoms with Gasteiger partial charge in [-0.15, -0.1) is 0 Å². The molecule has 2 rings (SSSR count). The zero-order valence-corrected chi connectivity index (χ0v) is 10.4. The summed E-state index contributed by atoms with van der Waals surface area (Å²) in [5.74, 6) is 1.31. The molecule has 1 N–H and O–H groups in total. The van der Waals surface area contributed by atoms with Crippen LogP contribution >= 0.6 is 0 Å². The van der Waals surface area contributed by atoms with Crippen molar-refractivity contribution in [3.8, 4) is 0 Å². The number of nitrogens with zero attached hydrogens (tertiary/aromatic N) is 2. The standard InChI is InChI=1S/C13H17N3O/c1-9-5-4-6-12(10(9)2)7-14-8-13-15-11(3)16-17-13/h4-6,14H,7-8H2,1-3H3. The van der Waals surface area contributed by atoms with E-state index in [2.05, 4.69) is 47.5 Å². The molecule has 1 aromatic carbocycles. The van der Waals surface area contributed by atoms with Crippen molar-refractivity contribution in [2.75, 3.05) is 0 Å². The third kappa shape index (κ3) is 2.91. The van der Waals surface area contributed by atoms with Crippen molar-refractivity contribution in [2.45, 2.75) is 33.9 Å². The molecule has 90 valence electrons. The van der Waals surface area contributed by atoms with Crippen molar-refractivity contribution in [1.82, 2.24) is 15.5 Å². The molecule has 0 amide bonds. The highest BCUT2D eigenvalue weighted by atomic mass is 16.5. The minimum Gasteiger partial charge on any atom is -0.338 e. The predicted octanol–water partition coefficient (Wildman–Crippen LogP) is 2.28. The molecule has 0 aliphatic carbocycles. The van der Waals surface area contributed by atoms with Crippen LogP contribution in [-0.2, 0) is 13.1 Å². The number of benzene rings is 1. The van der Waals surface area contributed by atoms with E-state index >= 15 is 0 Å². The van der Waals surface area contributed by atoms with Gasteiger partial charge in [-0.2, -0.15) is 4.98 Å². The molecule has 0 saturated carbocycles. The van der Waals surface area contributed by atoms with Gasteiger partial charge in [-0.1, -0.05) is 23.4 Å². The van der Waals surface area contributed by atoms with E-state index in [1.165, 1.54) is 16.7 Å². The predicted molar refractivity (Wildman–Crippen MR) is 65.5 cm³/mol. The molecule has 0 spiro atoms. The van der Waals surface area contributed by atoms with Crippen LogP contribution in [0.1, 0.15) is 28.4 Å². The molecule has 0 bridgehead atoms. The second kappa shape index (κ2) is 5.10. The molecule has 0 atom stereocenters. The normalized spacial score (nSPS) is 10.8. The molecular formula is C13H17N3O. The van der Waals surface area contributed by atoms with Gasteiger partial charge < -0.3 is 9.84 Å². The van der Waals surface area contributed by atoms with Gasteiger partial charge in [0.1, 0.15) is 0 Å². The van der Waals surface area contributed by atoms with Gasteiger partial charge in [0.05, 0.1) is 6.54 Å². The summed E-state index contributed by atoms with van der Waals surface area (Å²) in [7, 11) is 0. The zero-order valence-electron chi connectivity index (χ0n) is 10.4. The monoisotopic (exact) mass is 231 g/mol. The molecule has 0 fully saturated rings. The van der Waals surface area contributed by atoms with Crippen molar-refractivity contribution in [3.05, 3.63) is 46.6 Å². The zero-order chi connectivity index (χ0) is 12.3. The smallest absolute Gasteiger partial charge is 0.240 e. The van der Waals surface area contributed by atoms with Crippen LogP contribution in [0.15, 0.2) is 22.7 Å². The lowest BCUT2D eigenvalue weighted by molar-refractivity contribution is 0.364. The minimum atomic E-state index is 0.605. The lowest BCUT2D eigenvalue weighted by Crippen LogP contribution is -2.14. The fourth-order valence-corrected chi connectivity index (χ4v) is 1.72. The lowest BCUT2D eigenvalue weighted by atomic mass is 10.0. The van der Waals surface area contributed by atoms with E-state index in [9.17, 15) is 0 Å². The second-order valence-corrected chi connectivity index (χ2v) is 4.20. The minimum absolute atomic E-state index is 0.605. The van der Waals surface area contributed by atoms with E-state index in [-0.39, 0.29) is 0 Å². The number of hydrogen-bond acceptors (Lipinski definition) is 4. The molecule has 0 aliphatic heterocycles. The van der Waals surface area contributed by atoms with Gasteiger partial charge in [-0.05, 0) is 37.5 Å². The topological polar surface area (TPSA) is 51.0 Å². The highest BCUT2D eigenvalue weighted by Gasteiger charge is 2.03. The Labute approximate surface area is 101 Å². The number of nitrogens with one attached hydrogen (secondary N) is 1. The van der Waals surface area contributed by atoms with Crippen molar-refractivity contribution >= 4 is 0 Å². The number of rotatable bonds is 4. The van der Waals surface area contributed by atoms with Gasteiger partial charge in [0.15, 0.2) is 5.82 Å². The molecular weight excluding hydrogens is 214 g/mol. The summed E-state index contributed by atoms with van der Waals surface area (Å²) < 4.78 is 5.03. The average molecular weight is 231 g/mol. The highest BCUT2D eigenvalue weighted by molar-refractivity contribution is 5.32. The van der Waals surface area contributed by atoms with Gasteiger partial charge in [-0.25, -0.2) is 0 Å². The van der Waals surface area contributed by atoms with E-state index in [1.54, 1.807) is 0 Å². The summed E-state index contributed by atoms with van der Waals surface area (Å²) in [4.78, 5) is 4.14. The van der Waals surface area contributed by atoms with Crippen LogP contribution in [0, 0.1) is 20.8 Å². The summed E-state index contributed by atoms with van der Waals surface area (Å²) in [6.45, 7) is 7.50. The molecule has 1 aromatic heterocycles. The third-order valence-corrected chi connectivity index (χ3v) is 2.88. The average Bonchev–Trinajstić information content (AvgIpc) is 2.70. The first kappa shape index (κ1) is 11.8. The lowest BCUT2D eigenvalue weighted by Gasteiger charge is -2.08. The third-order valence-electron chi connectivity index (χ3n) is 2.88.